The van der Waals surface area contributed by atoms with Gasteiger partial charge in [0.25, 0.3) is 5.91 Å². The maximum Gasteiger partial charge on any atom is 0.408 e. The van der Waals surface area contributed by atoms with Gasteiger partial charge in [-0.3, -0.25) is 9.59 Å². The van der Waals surface area contributed by atoms with Crippen LogP contribution in [0.4, 0.5) is 10.5 Å². The molecule has 2 rings (SSSR count). The molecule has 2 aromatic rings. The van der Waals surface area contributed by atoms with Gasteiger partial charge in [0.1, 0.15) is 23.4 Å². The molecule has 2 atom stereocenters. The molecule has 9 nitrogen and oxygen atoms in total. The topological polar surface area (TPSA) is 117 Å². The van der Waals surface area contributed by atoms with Crippen LogP contribution < -0.4 is 15.4 Å². The highest BCUT2D eigenvalue weighted by Gasteiger charge is 2.36. The summed E-state index contributed by atoms with van der Waals surface area (Å²) in [5.41, 5.74) is 1.09. The van der Waals surface area contributed by atoms with Crippen molar-refractivity contribution in [2.24, 2.45) is 0 Å². The van der Waals surface area contributed by atoms with Crippen LogP contribution >= 0.6 is 0 Å². The summed E-state index contributed by atoms with van der Waals surface area (Å²) >= 11 is 0. The fourth-order valence-corrected chi connectivity index (χ4v) is 3.53. The zero-order chi connectivity index (χ0) is 26.9. The molecule has 194 valence electrons. The van der Waals surface area contributed by atoms with Crippen molar-refractivity contribution < 1.29 is 29.0 Å². The van der Waals surface area contributed by atoms with Gasteiger partial charge in [-0.1, -0.05) is 30.3 Å². The number of methoxy groups -OCH3 is 1. The van der Waals surface area contributed by atoms with Crippen LogP contribution in [0.15, 0.2) is 61.2 Å². The van der Waals surface area contributed by atoms with E-state index in [0.29, 0.717) is 17.0 Å². The highest BCUT2D eigenvalue weighted by Crippen LogP contribution is 2.27. The number of anilines is 1. The first-order valence-electron chi connectivity index (χ1n) is 11.5. The number of nitrogens with zero attached hydrogens (tertiary/aromatic N) is 1. The average molecular weight is 498 g/mol. The third-order valence-electron chi connectivity index (χ3n) is 5.18. The predicted molar refractivity (Wildman–Crippen MR) is 138 cm³/mol. The maximum atomic E-state index is 13.6. The zero-order valence-corrected chi connectivity index (χ0v) is 21.4. The second-order valence-corrected chi connectivity index (χ2v) is 9.14. The van der Waals surface area contributed by atoms with E-state index in [9.17, 15) is 19.5 Å². The molecule has 0 fully saturated rings. The summed E-state index contributed by atoms with van der Waals surface area (Å²) in [5.74, 6) is -0.508. The summed E-state index contributed by atoms with van der Waals surface area (Å²) in [4.78, 5) is 40.8. The minimum atomic E-state index is -1.33. The molecule has 0 aliphatic carbocycles. The van der Waals surface area contributed by atoms with Crippen molar-refractivity contribution in [3.63, 3.8) is 0 Å². The first-order valence-corrected chi connectivity index (χ1v) is 11.5. The minimum Gasteiger partial charge on any atom is -0.497 e. The summed E-state index contributed by atoms with van der Waals surface area (Å²) < 4.78 is 10.4. The van der Waals surface area contributed by atoms with Crippen molar-refractivity contribution in [2.45, 2.75) is 45.4 Å². The summed E-state index contributed by atoms with van der Waals surface area (Å²) in [5, 5.41) is 15.2. The fraction of sp³-hybridized carbons (Fsp3) is 0.370. The molecule has 0 heterocycles. The second-order valence-electron chi connectivity index (χ2n) is 9.14. The molecule has 3 amide bonds. The van der Waals surface area contributed by atoms with Crippen LogP contribution in [-0.4, -0.2) is 59.8 Å². The molecule has 0 spiro atoms. The molecule has 36 heavy (non-hydrogen) atoms. The third-order valence-corrected chi connectivity index (χ3v) is 5.18. The van der Waals surface area contributed by atoms with E-state index >= 15 is 0 Å². The van der Waals surface area contributed by atoms with Crippen LogP contribution in [0.2, 0.25) is 0 Å². The molecular weight excluding hydrogens is 462 g/mol. The number of nitrogens with one attached hydrogen (secondary N) is 2. The molecule has 0 bridgehead atoms. The molecule has 0 saturated carbocycles. The standard InChI is InChI=1S/C27H35N3O6/c1-7-16-30(25(33)22(17-31)29-26(34)36-27(3,4)5)23(21-11-9-8-10-18(21)2)24(32)28-19-12-14-20(35-6)15-13-19/h7-15,22-23,31H,1,16-17H2,2-6H3,(H,28,32)(H,29,34). The van der Waals surface area contributed by atoms with Crippen molar-refractivity contribution in [2.75, 3.05) is 25.6 Å². The van der Waals surface area contributed by atoms with E-state index < -0.39 is 42.2 Å². The monoisotopic (exact) mass is 497 g/mol. The van der Waals surface area contributed by atoms with Crippen LogP contribution in [0.5, 0.6) is 5.75 Å². The Bertz CT molecular complexity index is 1060. The average Bonchev–Trinajstić information content (AvgIpc) is 2.82. The summed E-state index contributed by atoms with van der Waals surface area (Å²) in [6.07, 6.45) is 0.620. The van der Waals surface area contributed by atoms with Crippen LogP contribution in [0, 0.1) is 6.92 Å². The van der Waals surface area contributed by atoms with E-state index in [1.807, 2.05) is 19.1 Å². The maximum absolute atomic E-state index is 13.6. The smallest absolute Gasteiger partial charge is 0.408 e. The van der Waals surface area contributed by atoms with Crippen LogP contribution in [0.25, 0.3) is 0 Å². The minimum absolute atomic E-state index is 0.0135. The number of rotatable bonds is 10. The van der Waals surface area contributed by atoms with Crippen LogP contribution in [0.1, 0.15) is 37.9 Å². The Morgan fingerprint density at radius 2 is 1.75 bits per heavy atom. The Morgan fingerprint density at radius 1 is 1.11 bits per heavy atom. The number of aryl methyl sites for hydroxylation is 1. The quantitative estimate of drug-likeness (QED) is 0.432. The lowest BCUT2D eigenvalue weighted by atomic mass is 9.98. The number of benzene rings is 2. The van der Waals surface area contributed by atoms with Crippen molar-refractivity contribution in [1.82, 2.24) is 10.2 Å². The number of hydrogen-bond donors (Lipinski definition) is 3. The van der Waals surface area contributed by atoms with Crippen LogP contribution in [0.3, 0.4) is 0 Å². The Morgan fingerprint density at radius 3 is 2.28 bits per heavy atom. The molecule has 0 aliphatic heterocycles. The highest BCUT2D eigenvalue weighted by molar-refractivity contribution is 5.99. The summed E-state index contributed by atoms with van der Waals surface area (Å²) in [6.45, 7) is 9.91. The molecule has 9 heteroatoms. The SMILES string of the molecule is C=CCN(C(=O)C(CO)NC(=O)OC(C)(C)C)C(C(=O)Nc1ccc(OC)cc1)c1ccccc1C. The fourth-order valence-electron chi connectivity index (χ4n) is 3.53. The van der Waals surface area contributed by atoms with Gasteiger partial charge in [0.05, 0.1) is 13.7 Å². The second kappa shape index (κ2) is 12.7. The predicted octanol–water partition coefficient (Wildman–Crippen LogP) is 3.58. The van der Waals surface area contributed by atoms with E-state index in [4.69, 9.17) is 9.47 Å². The van der Waals surface area contributed by atoms with E-state index in [1.54, 1.807) is 64.3 Å². The van der Waals surface area contributed by atoms with Gasteiger partial charge in [-0.05, 0) is 63.1 Å². The van der Waals surface area contributed by atoms with Gasteiger partial charge in [-0.2, -0.15) is 0 Å². The number of carbonyl (C=O) groups excluding carboxylic acids is 3. The Balaban J connectivity index is 2.43. The molecular formula is C27H35N3O6. The number of carbonyl (C=O) groups is 3. The lowest BCUT2D eigenvalue weighted by molar-refractivity contribution is -0.140. The molecule has 2 unspecified atom stereocenters. The molecule has 0 aromatic heterocycles. The number of hydrogen-bond acceptors (Lipinski definition) is 6. The van der Waals surface area contributed by atoms with E-state index in [-0.39, 0.29) is 6.54 Å². The lowest BCUT2D eigenvalue weighted by Crippen LogP contribution is -2.54. The number of aliphatic hydroxyl groups excluding tert-OH is 1. The third kappa shape index (κ3) is 7.84. The van der Waals surface area contributed by atoms with Gasteiger partial charge in [-0.15, -0.1) is 6.58 Å². The van der Waals surface area contributed by atoms with Crippen molar-refractivity contribution in [1.29, 1.82) is 0 Å². The first-order chi connectivity index (χ1) is 17.0. The van der Waals surface area contributed by atoms with Gasteiger partial charge < -0.3 is 30.1 Å². The molecule has 3 N–H and O–H groups in total. The highest BCUT2D eigenvalue weighted by atomic mass is 16.6. The van der Waals surface area contributed by atoms with Gasteiger partial charge >= 0.3 is 6.09 Å². The van der Waals surface area contributed by atoms with Gasteiger partial charge in [0.15, 0.2) is 0 Å². The zero-order valence-electron chi connectivity index (χ0n) is 21.4. The molecule has 0 radical (unpaired) electrons. The number of ether oxygens (including phenoxy) is 2. The lowest BCUT2D eigenvalue weighted by Gasteiger charge is -2.34. The van der Waals surface area contributed by atoms with E-state index in [1.165, 1.54) is 11.0 Å². The number of aliphatic hydroxyl groups is 1. The molecule has 0 aliphatic rings. The first kappa shape index (κ1) is 28.4. The Kier molecular flexibility index (Phi) is 10.0. The normalized spacial score (nSPS) is 12.6. The van der Waals surface area contributed by atoms with Crippen molar-refractivity contribution >= 4 is 23.6 Å². The van der Waals surface area contributed by atoms with E-state index in [2.05, 4.69) is 17.2 Å². The number of alkyl carbamates (subject to hydrolysis) is 1. The Labute approximate surface area is 212 Å². The Hall–Kier alpha value is -3.85. The summed E-state index contributed by atoms with van der Waals surface area (Å²) in [6, 6.07) is 11.6. The van der Waals surface area contributed by atoms with Gasteiger partial charge in [-0.25, -0.2) is 4.79 Å². The molecule has 2 aromatic carbocycles. The summed E-state index contributed by atoms with van der Waals surface area (Å²) in [7, 11) is 1.55. The number of amides is 3. The molecule has 0 saturated heterocycles. The van der Waals surface area contributed by atoms with Crippen molar-refractivity contribution in [3.05, 3.63) is 72.3 Å². The van der Waals surface area contributed by atoms with Gasteiger partial charge in [0.2, 0.25) is 5.91 Å². The van der Waals surface area contributed by atoms with Crippen LogP contribution in [-0.2, 0) is 14.3 Å². The largest absolute Gasteiger partial charge is 0.497 e. The van der Waals surface area contributed by atoms with Crippen molar-refractivity contribution in [3.8, 4) is 5.75 Å². The van der Waals surface area contributed by atoms with Gasteiger partial charge in [0, 0.05) is 12.2 Å². The van der Waals surface area contributed by atoms with E-state index in [0.717, 1.165) is 5.56 Å².